The first-order valence-electron chi connectivity index (χ1n) is 8.05. The Kier molecular flexibility index (Phi) is 4.64. The predicted octanol–water partition coefficient (Wildman–Crippen LogP) is 3.60. The lowest BCUT2D eigenvalue weighted by atomic mass is 9.97. The van der Waals surface area contributed by atoms with Gasteiger partial charge in [-0.05, 0) is 48.6 Å². The normalized spacial score (nSPS) is 14.8. The summed E-state index contributed by atoms with van der Waals surface area (Å²) in [6.45, 7) is 1.89. The van der Waals surface area contributed by atoms with Gasteiger partial charge in [0.05, 0.1) is 6.10 Å². The SMILES string of the molecule is CN(CCC(O)c1ccc2c(c1)CCCN2)c1ccccc1. The molecule has 22 heavy (non-hydrogen) atoms. The monoisotopic (exact) mass is 296 g/mol. The molecule has 0 aromatic heterocycles. The van der Waals surface area contributed by atoms with Crippen molar-refractivity contribution in [3.05, 3.63) is 59.7 Å². The van der Waals surface area contributed by atoms with E-state index in [4.69, 9.17) is 0 Å². The fourth-order valence-electron chi connectivity index (χ4n) is 3.00. The Bertz CT molecular complexity index is 612. The van der Waals surface area contributed by atoms with Crippen LogP contribution in [-0.4, -0.2) is 25.2 Å². The van der Waals surface area contributed by atoms with Gasteiger partial charge in [0.15, 0.2) is 0 Å². The molecular formula is C19H24N2O. The summed E-state index contributed by atoms with van der Waals surface area (Å²) in [5.74, 6) is 0. The Morgan fingerprint density at radius 3 is 2.82 bits per heavy atom. The zero-order chi connectivity index (χ0) is 15.4. The number of anilines is 2. The molecule has 0 saturated heterocycles. The van der Waals surface area contributed by atoms with Gasteiger partial charge in [-0.15, -0.1) is 0 Å². The Morgan fingerprint density at radius 1 is 1.18 bits per heavy atom. The van der Waals surface area contributed by atoms with E-state index in [1.807, 2.05) is 24.3 Å². The van der Waals surface area contributed by atoms with Crippen LogP contribution in [0.1, 0.15) is 30.1 Å². The van der Waals surface area contributed by atoms with Gasteiger partial charge in [0, 0.05) is 31.5 Å². The molecule has 1 atom stereocenters. The molecule has 1 aliphatic heterocycles. The van der Waals surface area contributed by atoms with Gasteiger partial charge >= 0.3 is 0 Å². The van der Waals surface area contributed by atoms with E-state index < -0.39 is 6.10 Å². The van der Waals surface area contributed by atoms with Crippen LogP contribution in [-0.2, 0) is 6.42 Å². The van der Waals surface area contributed by atoms with Gasteiger partial charge in [-0.25, -0.2) is 0 Å². The van der Waals surface area contributed by atoms with Crippen molar-refractivity contribution in [2.45, 2.75) is 25.4 Å². The van der Waals surface area contributed by atoms with Gasteiger partial charge in [-0.2, -0.15) is 0 Å². The van der Waals surface area contributed by atoms with Gasteiger partial charge in [-0.1, -0.05) is 30.3 Å². The highest BCUT2D eigenvalue weighted by Gasteiger charge is 2.14. The minimum atomic E-state index is -0.404. The number of fused-ring (bicyclic) bond motifs is 1. The number of aryl methyl sites for hydroxylation is 1. The van der Waals surface area contributed by atoms with Gasteiger partial charge in [0.2, 0.25) is 0 Å². The van der Waals surface area contributed by atoms with Crippen LogP contribution in [0, 0.1) is 0 Å². The molecule has 3 nitrogen and oxygen atoms in total. The number of nitrogens with zero attached hydrogens (tertiary/aromatic N) is 1. The van der Waals surface area contributed by atoms with Crippen molar-refractivity contribution in [1.29, 1.82) is 0 Å². The average Bonchev–Trinajstić information content (AvgIpc) is 2.59. The number of rotatable bonds is 5. The lowest BCUT2D eigenvalue weighted by Crippen LogP contribution is -2.20. The number of aliphatic hydroxyl groups is 1. The number of nitrogens with one attached hydrogen (secondary N) is 1. The smallest absolute Gasteiger partial charge is 0.0807 e. The summed E-state index contributed by atoms with van der Waals surface area (Å²) in [5.41, 5.74) is 4.77. The highest BCUT2D eigenvalue weighted by Crippen LogP contribution is 2.27. The molecular weight excluding hydrogens is 272 g/mol. The zero-order valence-electron chi connectivity index (χ0n) is 13.1. The summed E-state index contributed by atoms with van der Waals surface area (Å²) < 4.78 is 0. The Morgan fingerprint density at radius 2 is 2.00 bits per heavy atom. The summed E-state index contributed by atoms with van der Waals surface area (Å²) in [6.07, 6.45) is 2.60. The molecule has 116 valence electrons. The molecule has 0 fully saturated rings. The van der Waals surface area contributed by atoms with Crippen LogP contribution in [0.25, 0.3) is 0 Å². The maximum Gasteiger partial charge on any atom is 0.0807 e. The highest BCUT2D eigenvalue weighted by molar-refractivity contribution is 5.54. The number of para-hydroxylation sites is 1. The van der Waals surface area contributed by atoms with Gasteiger partial charge in [0.25, 0.3) is 0 Å². The molecule has 0 aliphatic carbocycles. The van der Waals surface area contributed by atoms with Crippen LogP contribution in [0.2, 0.25) is 0 Å². The third-order valence-corrected chi connectivity index (χ3v) is 4.39. The largest absolute Gasteiger partial charge is 0.388 e. The lowest BCUT2D eigenvalue weighted by Gasteiger charge is -2.23. The Hall–Kier alpha value is -2.00. The summed E-state index contributed by atoms with van der Waals surface area (Å²) in [4.78, 5) is 2.18. The van der Waals surface area contributed by atoms with E-state index in [1.165, 1.54) is 23.4 Å². The number of aliphatic hydroxyl groups excluding tert-OH is 1. The van der Waals surface area contributed by atoms with Crippen molar-refractivity contribution >= 4 is 11.4 Å². The molecule has 0 amide bonds. The standard InChI is InChI=1S/C19H24N2O/c1-21(17-7-3-2-4-8-17)13-11-19(22)16-9-10-18-15(14-16)6-5-12-20-18/h2-4,7-10,14,19-20,22H,5-6,11-13H2,1H3. The van der Waals surface area contributed by atoms with E-state index in [9.17, 15) is 5.11 Å². The van der Waals surface area contributed by atoms with Crippen LogP contribution < -0.4 is 10.2 Å². The molecule has 2 N–H and O–H groups in total. The van der Waals surface area contributed by atoms with Gasteiger partial charge in [-0.3, -0.25) is 0 Å². The van der Waals surface area contributed by atoms with Crippen molar-refractivity contribution in [3.8, 4) is 0 Å². The second-order valence-corrected chi connectivity index (χ2v) is 6.01. The minimum absolute atomic E-state index is 0.404. The molecule has 2 aromatic rings. The van der Waals surface area contributed by atoms with Crippen LogP contribution in [0.4, 0.5) is 11.4 Å². The Balaban J connectivity index is 1.61. The fourth-order valence-corrected chi connectivity index (χ4v) is 3.00. The van der Waals surface area contributed by atoms with Crippen LogP contribution in [0.3, 0.4) is 0 Å². The van der Waals surface area contributed by atoms with E-state index in [1.54, 1.807) is 0 Å². The highest BCUT2D eigenvalue weighted by atomic mass is 16.3. The van der Waals surface area contributed by atoms with Crippen molar-refractivity contribution in [2.24, 2.45) is 0 Å². The molecule has 0 spiro atoms. The first-order valence-corrected chi connectivity index (χ1v) is 8.05. The summed E-state index contributed by atoms with van der Waals surface area (Å²) in [6, 6.07) is 16.6. The molecule has 0 bridgehead atoms. The van der Waals surface area contributed by atoms with Crippen LogP contribution >= 0.6 is 0 Å². The van der Waals surface area contributed by atoms with Crippen molar-refractivity contribution in [2.75, 3.05) is 30.4 Å². The third kappa shape index (κ3) is 3.42. The predicted molar refractivity (Wildman–Crippen MR) is 92.5 cm³/mol. The second kappa shape index (κ2) is 6.84. The maximum absolute atomic E-state index is 10.5. The van der Waals surface area contributed by atoms with Crippen LogP contribution in [0.15, 0.2) is 48.5 Å². The molecule has 0 radical (unpaired) electrons. The molecule has 1 aliphatic rings. The first-order chi connectivity index (χ1) is 10.7. The average molecular weight is 296 g/mol. The van der Waals surface area contributed by atoms with Crippen molar-refractivity contribution in [1.82, 2.24) is 0 Å². The fraction of sp³-hybridized carbons (Fsp3) is 0.368. The van der Waals surface area contributed by atoms with Crippen molar-refractivity contribution < 1.29 is 5.11 Å². The quantitative estimate of drug-likeness (QED) is 0.885. The summed E-state index contributed by atoms with van der Waals surface area (Å²) in [7, 11) is 2.07. The summed E-state index contributed by atoms with van der Waals surface area (Å²) in [5, 5.41) is 13.9. The number of hydrogen-bond acceptors (Lipinski definition) is 3. The lowest BCUT2D eigenvalue weighted by molar-refractivity contribution is 0.169. The molecule has 3 heteroatoms. The maximum atomic E-state index is 10.5. The van der Waals surface area contributed by atoms with E-state index in [0.29, 0.717) is 0 Å². The van der Waals surface area contributed by atoms with E-state index in [2.05, 4.69) is 41.5 Å². The molecule has 2 aromatic carbocycles. The van der Waals surface area contributed by atoms with E-state index >= 15 is 0 Å². The zero-order valence-corrected chi connectivity index (χ0v) is 13.1. The van der Waals surface area contributed by atoms with Gasteiger partial charge in [0.1, 0.15) is 0 Å². The van der Waals surface area contributed by atoms with E-state index in [0.717, 1.165) is 31.5 Å². The number of hydrogen-bond donors (Lipinski definition) is 2. The molecule has 0 saturated carbocycles. The first kappa shape index (κ1) is 14.9. The van der Waals surface area contributed by atoms with Gasteiger partial charge < -0.3 is 15.3 Å². The molecule has 3 rings (SSSR count). The second-order valence-electron chi connectivity index (χ2n) is 6.01. The third-order valence-electron chi connectivity index (χ3n) is 4.39. The van der Waals surface area contributed by atoms with Crippen molar-refractivity contribution in [3.63, 3.8) is 0 Å². The molecule has 1 heterocycles. The minimum Gasteiger partial charge on any atom is -0.388 e. The van der Waals surface area contributed by atoms with Crippen LogP contribution in [0.5, 0.6) is 0 Å². The topological polar surface area (TPSA) is 35.5 Å². The number of benzene rings is 2. The summed E-state index contributed by atoms with van der Waals surface area (Å²) >= 11 is 0. The molecule has 1 unspecified atom stereocenters. The van der Waals surface area contributed by atoms with E-state index in [-0.39, 0.29) is 0 Å². The Labute approximate surface area is 132 Å².